The van der Waals surface area contributed by atoms with Gasteiger partial charge in [0.15, 0.2) is 0 Å². The van der Waals surface area contributed by atoms with Crippen molar-refractivity contribution >= 4 is 5.91 Å². The maximum Gasteiger partial charge on any atom is 0.252 e. The van der Waals surface area contributed by atoms with Crippen LogP contribution in [0.5, 0.6) is 0 Å². The molecule has 2 aliphatic rings. The van der Waals surface area contributed by atoms with Crippen LogP contribution >= 0.6 is 0 Å². The standard InChI is InChI=1S/C14H25NO2/c1-3-10(2)11-5-4-6-12(9-11)15-13(16)14(17)7-8-14/h10-12,17H,3-9H2,1-2H3,(H,15,16). The van der Waals surface area contributed by atoms with E-state index in [1.54, 1.807) is 0 Å². The molecule has 3 atom stereocenters. The molecule has 0 aromatic rings. The molecule has 0 aliphatic heterocycles. The fraction of sp³-hybridized carbons (Fsp3) is 0.929. The van der Waals surface area contributed by atoms with Crippen LogP contribution in [0.1, 0.15) is 58.8 Å². The average Bonchev–Trinajstić information content (AvgIpc) is 3.08. The normalized spacial score (nSPS) is 32.9. The summed E-state index contributed by atoms with van der Waals surface area (Å²) in [6.45, 7) is 4.54. The molecule has 0 aromatic heterocycles. The Labute approximate surface area is 104 Å². The number of rotatable bonds is 4. The van der Waals surface area contributed by atoms with Gasteiger partial charge in [0.05, 0.1) is 0 Å². The molecule has 17 heavy (non-hydrogen) atoms. The second kappa shape index (κ2) is 4.97. The molecule has 0 saturated heterocycles. The van der Waals surface area contributed by atoms with Crippen LogP contribution < -0.4 is 5.32 Å². The van der Waals surface area contributed by atoms with Gasteiger partial charge >= 0.3 is 0 Å². The van der Waals surface area contributed by atoms with Gasteiger partial charge in [-0.05, 0) is 37.5 Å². The molecule has 3 unspecified atom stereocenters. The smallest absolute Gasteiger partial charge is 0.252 e. The topological polar surface area (TPSA) is 49.3 Å². The van der Waals surface area contributed by atoms with Gasteiger partial charge in [0.2, 0.25) is 0 Å². The number of carbonyl (C=O) groups is 1. The minimum Gasteiger partial charge on any atom is -0.380 e. The van der Waals surface area contributed by atoms with E-state index in [0.717, 1.165) is 24.7 Å². The van der Waals surface area contributed by atoms with Crippen molar-refractivity contribution in [1.82, 2.24) is 5.32 Å². The number of nitrogens with one attached hydrogen (secondary N) is 1. The van der Waals surface area contributed by atoms with Gasteiger partial charge in [-0.25, -0.2) is 0 Å². The Morgan fingerprint density at radius 3 is 2.76 bits per heavy atom. The highest BCUT2D eigenvalue weighted by atomic mass is 16.3. The van der Waals surface area contributed by atoms with E-state index in [2.05, 4.69) is 19.2 Å². The van der Waals surface area contributed by atoms with E-state index in [9.17, 15) is 9.90 Å². The van der Waals surface area contributed by atoms with Gasteiger partial charge in [0, 0.05) is 6.04 Å². The third-order valence-electron chi connectivity index (χ3n) is 4.64. The van der Waals surface area contributed by atoms with Crippen molar-refractivity contribution in [2.75, 3.05) is 0 Å². The maximum absolute atomic E-state index is 11.8. The predicted molar refractivity (Wildman–Crippen MR) is 67.5 cm³/mol. The molecule has 2 N–H and O–H groups in total. The zero-order chi connectivity index (χ0) is 12.5. The van der Waals surface area contributed by atoms with E-state index >= 15 is 0 Å². The van der Waals surface area contributed by atoms with E-state index < -0.39 is 5.60 Å². The van der Waals surface area contributed by atoms with E-state index in [1.807, 2.05) is 0 Å². The lowest BCUT2D eigenvalue weighted by Gasteiger charge is -2.33. The molecule has 2 fully saturated rings. The van der Waals surface area contributed by atoms with Crippen LogP contribution in [0.4, 0.5) is 0 Å². The summed E-state index contributed by atoms with van der Waals surface area (Å²) >= 11 is 0. The zero-order valence-corrected chi connectivity index (χ0v) is 11.0. The first-order valence-corrected chi connectivity index (χ1v) is 7.08. The molecule has 1 amide bonds. The Hall–Kier alpha value is -0.570. The monoisotopic (exact) mass is 239 g/mol. The number of aliphatic hydroxyl groups is 1. The summed E-state index contributed by atoms with van der Waals surface area (Å²) in [5, 5.41) is 12.8. The predicted octanol–water partition coefficient (Wildman–Crippen LogP) is 2.23. The molecule has 0 heterocycles. The van der Waals surface area contributed by atoms with E-state index in [0.29, 0.717) is 18.9 Å². The van der Waals surface area contributed by atoms with Crippen molar-refractivity contribution in [2.45, 2.75) is 70.4 Å². The third-order valence-corrected chi connectivity index (χ3v) is 4.64. The summed E-state index contributed by atoms with van der Waals surface area (Å²) in [6.07, 6.45) is 7.17. The Bertz CT molecular complexity index is 286. The number of carbonyl (C=O) groups excluding carboxylic acids is 1. The number of amides is 1. The molecule has 0 spiro atoms. The Morgan fingerprint density at radius 2 is 2.18 bits per heavy atom. The Balaban J connectivity index is 1.83. The largest absolute Gasteiger partial charge is 0.380 e. The molecule has 98 valence electrons. The van der Waals surface area contributed by atoms with Gasteiger partial charge in [-0.2, -0.15) is 0 Å². The van der Waals surface area contributed by atoms with Crippen molar-refractivity contribution in [3.63, 3.8) is 0 Å². The quantitative estimate of drug-likeness (QED) is 0.790. The SMILES string of the molecule is CCC(C)C1CCCC(NC(=O)C2(O)CC2)C1. The van der Waals surface area contributed by atoms with E-state index in [1.165, 1.54) is 19.3 Å². The molecule has 3 heteroatoms. The second-order valence-corrected chi connectivity index (χ2v) is 6.01. The van der Waals surface area contributed by atoms with E-state index in [4.69, 9.17) is 0 Å². The molecule has 0 aromatic carbocycles. The summed E-state index contributed by atoms with van der Waals surface area (Å²) in [5.41, 5.74) is -1.01. The molecule has 2 aliphatic carbocycles. The van der Waals surface area contributed by atoms with Crippen molar-refractivity contribution in [1.29, 1.82) is 0 Å². The van der Waals surface area contributed by atoms with Gasteiger partial charge < -0.3 is 10.4 Å². The van der Waals surface area contributed by atoms with Gasteiger partial charge in [0.1, 0.15) is 5.60 Å². The van der Waals surface area contributed by atoms with Gasteiger partial charge in [-0.3, -0.25) is 4.79 Å². The van der Waals surface area contributed by atoms with Crippen molar-refractivity contribution in [2.24, 2.45) is 11.8 Å². The van der Waals surface area contributed by atoms with Crippen LogP contribution in [-0.4, -0.2) is 22.7 Å². The molecular formula is C14H25NO2. The highest BCUT2D eigenvalue weighted by Crippen LogP contribution is 2.36. The van der Waals surface area contributed by atoms with Crippen LogP contribution in [0.25, 0.3) is 0 Å². The highest BCUT2D eigenvalue weighted by molar-refractivity contribution is 5.87. The Morgan fingerprint density at radius 1 is 1.47 bits per heavy atom. The lowest BCUT2D eigenvalue weighted by atomic mass is 9.77. The summed E-state index contributed by atoms with van der Waals surface area (Å²) in [6, 6.07) is 0.292. The van der Waals surface area contributed by atoms with Crippen LogP contribution in [-0.2, 0) is 4.79 Å². The van der Waals surface area contributed by atoms with Crippen LogP contribution in [0.15, 0.2) is 0 Å². The molecule has 3 nitrogen and oxygen atoms in total. The molecule has 2 saturated carbocycles. The maximum atomic E-state index is 11.8. The second-order valence-electron chi connectivity index (χ2n) is 6.01. The molecule has 2 rings (SSSR count). The van der Waals surface area contributed by atoms with Crippen LogP contribution in [0, 0.1) is 11.8 Å². The highest BCUT2D eigenvalue weighted by Gasteiger charge is 2.48. The van der Waals surface area contributed by atoms with Gasteiger partial charge in [-0.1, -0.05) is 33.1 Å². The minimum absolute atomic E-state index is 0.132. The van der Waals surface area contributed by atoms with Crippen molar-refractivity contribution in [3.8, 4) is 0 Å². The first-order chi connectivity index (χ1) is 8.05. The number of hydrogen-bond donors (Lipinski definition) is 2. The van der Waals surface area contributed by atoms with Crippen LogP contribution in [0.2, 0.25) is 0 Å². The van der Waals surface area contributed by atoms with Crippen LogP contribution in [0.3, 0.4) is 0 Å². The Kier molecular flexibility index (Phi) is 3.76. The summed E-state index contributed by atoms with van der Waals surface area (Å²) in [4.78, 5) is 11.8. The minimum atomic E-state index is -1.01. The van der Waals surface area contributed by atoms with Gasteiger partial charge in [-0.15, -0.1) is 0 Å². The summed E-state index contributed by atoms with van der Waals surface area (Å²) in [7, 11) is 0. The van der Waals surface area contributed by atoms with Crippen molar-refractivity contribution in [3.05, 3.63) is 0 Å². The zero-order valence-electron chi connectivity index (χ0n) is 11.0. The molecular weight excluding hydrogens is 214 g/mol. The summed E-state index contributed by atoms with van der Waals surface area (Å²) < 4.78 is 0. The first-order valence-electron chi connectivity index (χ1n) is 7.08. The lowest BCUT2D eigenvalue weighted by molar-refractivity contribution is -0.132. The molecule has 0 bridgehead atoms. The first kappa shape index (κ1) is 12.9. The fourth-order valence-electron chi connectivity index (χ4n) is 2.87. The summed E-state index contributed by atoms with van der Waals surface area (Å²) in [5.74, 6) is 1.36. The molecule has 0 radical (unpaired) electrons. The van der Waals surface area contributed by atoms with Crippen molar-refractivity contribution < 1.29 is 9.90 Å². The van der Waals surface area contributed by atoms with E-state index in [-0.39, 0.29) is 5.91 Å². The third kappa shape index (κ3) is 3.01. The number of hydrogen-bond acceptors (Lipinski definition) is 2. The van der Waals surface area contributed by atoms with Gasteiger partial charge in [0.25, 0.3) is 5.91 Å². The lowest BCUT2D eigenvalue weighted by Crippen LogP contribution is -2.45. The average molecular weight is 239 g/mol. The fourth-order valence-corrected chi connectivity index (χ4v) is 2.87.